The molecule has 1 saturated carbocycles. The van der Waals surface area contributed by atoms with Gasteiger partial charge in [0.05, 0.1) is 0 Å². The van der Waals surface area contributed by atoms with Gasteiger partial charge in [-0.1, -0.05) is 20.3 Å². The van der Waals surface area contributed by atoms with E-state index in [1.807, 2.05) is 0 Å². The fourth-order valence-electron chi connectivity index (χ4n) is 3.03. The topological polar surface area (TPSA) is 12.0 Å². The van der Waals surface area contributed by atoms with Crippen molar-refractivity contribution in [3.8, 4) is 0 Å². The summed E-state index contributed by atoms with van der Waals surface area (Å²) >= 11 is 0. The summed E-state index contributed by atoms with van der Waals surface area (Å²) in [6, 6.07) is 0.859. The van der Waals surface area contributed by atoms with E-state index >= 15 is 0 Å². The number of rotatable bonds is 0. The Bertz CT molecular complexity index is 155. The van der Waals surface area contributed by atoms with Gasteiger partial charge in [0.15, 0.2) is 0 Å². The average molecular weight is 167 g/mol. The predicted molar refractivity (Wildman–Crippen MR) is 52.1 cm³/mol. The Labute approximate surface area is 75.9 Å². The summed E-state index contributed by atoms with van der Waals surface area (Å²) in [6.07, 6.45) is 5.76. The van der Waals surface area contributed by atoms with Crippen LogP contribution in [-0.4, -0.2) is 12.6 Å². The molecule has 4 atom stereocenters. The van der Waals surface area contributed by atoms with Gasteiger partial charge in [0.1, 0.15) is 0 Å². The first kappa shape index (κ1) is 8.55. The van der Waals surface area contributed by atoms with Crippen LogP contribution in [0.25, 0.3) is 0 Å². The number of fused-ring (bicyclic) bond motifs is 1. The van der Waals surface area contributed by atoms with Crippen molar-refractivity contribution in [3.05, 3.63) is 0 Å². The number of hydrogen-bond donors (Lipinski definition) is 1. The fourth-order valence-corrected chi connectivity index (χ4v) is 3.03. The molecule has 0 aromatic carbocycles. The molecule has 1 heterocycles. The summed E-state index contributed by atoms with van der Waals surface area (Å²) in [5.41, 5.74) is 0. The van der Waals surface area contributed by atoms with E-state index in [9.17, 15) is 0 Å². The van der Waals surface area contributed by atoms with Gasteiger partial charge in [-0.3, -0.25) is 0 Å². The van der Waals surface area contributed by atoms with E-state index in [1.54, 1.807) is 0 Å². The molecule has 0 aromatic heterocycles. The third-order valence-electron chi connectivity index (χ3n) is 3.90. The smallest absolute Gasteiger partial charge is 0.0100 e. The van der Waals surface area contributed by atoms with Gasteiger partial charge in [-0.2, -0.15) is 0 Å². The van der Waals surface area contributed by atoms with Crippen molar-refractivity contribution in [3.63, 3.8) is 0 Å². The normalized spacial score (nSPS) is 48.5. The van der Waals surface area contributed by atoms with E-state index in [0.29, 0.717) is 0 Å². The summed E-state index contributed by atoms with van der Waals surface area (Å²) < 4.78 is 0. The lowest BCUT2D eigenvalue weighted by atomic mass is 9.71. The molecule has 70 valence electrons. The molecule has 2 aliphatic rings. The molecule has 2 rings (SSSR count). The lowest BCUT2D eigenvalue weighted by Crippen LogP contribution is -2.48. The molecule has 0 amide bonds. The molecule has 1 saturated heterocycles. The number of nitrogens with one attached hydrogen (secondary N) is 1. The zero-order valence-electron chi connectivity index (χ0n) is 8.34. The summed E-state index contributed by atoms with van der Waals surface area (Å²) in [6.45, 7) is 6.10. The van der Waals surface area contributed by atoms with E-state index in [4.69, 9.17) is 0 Å². The second kappa shape index (κ2) is 3.37. The second-order valence-corrected chi connectivity index (χ2v) is 4.91. The van der Waals surface area contributed by atoms with E-state index in [-0.39, 0.29) is 0 Å². The van der Waals surface area contributed by atoms with Crippen molar-refractivity contribution in [1.82, 2.24) is 5.32 Å². The molecule has 1 aliphatic carbocycles. The van der Waals surface area contributed by atoms with Crippen LogP contribution >= 0.6 is 0 Å². The zero-order chi connectivity index (χ0) is 8.55. The molecule has 1 nitrogen and oxygen atoms in total. The summed E-state index contributed by atoms with van der Waals surface area (Å²) in [7, 11) is 0. The summed E-state index contributed by atoms with van der Waals surface area (Å²) in [5, 5.41) is 3.68. The highest BCUT2D eigenvalue weighted by atomic mass is 14.9. The van der Waals surface area contributed by atoms with Gasteiger partial charge in [0, 0.05) is 6.04 Å². The van der Waals surface area contributed by atoms with Crippen molar-refractivity contribution in [1.29, 1.82) is 0 Å². The highest BCUT2D eigenvalue weighted by molar-refractivity contribution is 4.89. The third-order valence-corrected chi connectivity index (χ3v) is 3.90. The molecule has 1 aliphatic heterocycles. The minimum atomic E-state index is 0.859. The minimum Gasteiger partial charge on any atom is -0.314 e. The van der Waals surface area contributed by atoms with Crippen molar-refractivity contribution < 1.29 is 0 Å². The van der Waals surface area contributed by atoms with Gasteiger partial charge in [0.25, 0.3) is 0 Å². The Kier molecular flexibility index (Phi) is 2.40. The van der Waals surface area contributed by atoms with Gasteiger partial charge >= 0.3 is 0 Å². The first-order chi connectivity index (χ1) is 5.77. The Balaban J connectivity index is 1.99. The Morgan fingerprint density at radius 2 is 1.92 bits per heavy atom. The first-order valence-corrected chi connectivity index (χ1v) is 5.50. The maximum absolute atomic E-state index is 3.68. The number of hydrogen-bond acceptors (Lipinski definition) is 1. The average Bonchev–Trinajstić information content (AvgIpc) is 2.04. The van der Waals surface area contributed by atoms with E-state index < -0.39 is 0 Å². The van der Waals surface area contributed by atoms with Crippen molar-refractivity contribution in [2.75, 3.05) is 6.54 Å². The Morgan fingerprint density at radius 3 is 2.75 bits per heavy atom. The molecule has 4 unspecified atom stereocenters. The summed E-state index contributed by atoms with van der Waals surface area (Å²) in [4.78, 5) is 0. The van der Waals surface area contributed by atoms with Crippen LogP contribution in [-0.2, 0) is 0 Å². The maximum atomic E-state index is 3.68. The molecular formula is C11H21N. The molecule has 12 heavy (non-hydrogen) atoms. The van der Waals surface area contributed by atoms with Crippen LogP contribution in [0.5, 0.6) is 0 Å². The monoisotopic (exact) mass is 167 g/mol. The minimum absolute atomic E-state index is 0.859. The van der Waals surface area contributed by atoms with Gasteiger partial charge in [-0.25, -0.2) is 0 Å². The Hall–Kier alpha value is -0.0400. The SMILES string of the molecule is CC1CCC2C(C)CCNC2C1. The molecule has 1 heteroatoms. The molecular weight excluding hydrogens is 146 g/mol. The molecule has 1 N–H and O–H groups in total. The quantitative estimate of drug-likeness (QED) is 0.584. The number of piperidine rings is 1. The van der Waals surface area contributed by atoms with Crippen molar-refractivity contribution in [2.45, 2.75) is 45.6 Å². The largest absolute Gasteiger partial charge is 0.314 e. The van der Waals surface area contributed by atoms with Gasteiger partial charge in [-0.05, 0) is 43.6 Å². The van der Waals surface area contributed by atoms with E-state index in [2.05, 4.69) is 19.2 Å². The van der Waals surface area contributed by atoms with Crippen molar-refractivity contribution >= 4 is 0 Å². The first-order valence-electron chi connectivity index (χ1n) is 5.50. The van der Waals surface area contributed by atoms with E-state index in [1.165, 1.54) is 32.2 Å². The molecule has 0 aromatic rings. The lowest BCUT2D eigenvalue weighted by Gasteiger charge is -2.42. The third kappa shape index (κ3) is 1.52. The van der Waals surface area contributed by atoms with E-state index in [0.717, 1.165) is 23.8 Å². The van der Waals surface area contributed by atoms with Gasteiger partial charge < -0.3 is 5.32 Å². The van der Waals surface area contributed by atoms with Crippen LogP contribution in [0.1, 0.15) is 39.5 Å². The van der Waals surface area contributed by atoms with Crippen molar-refractivity contribution in [2.24, 2.45) is 17.8 Å². The predicted octanol–water partition coefficient (Wildman–Crippen LogP) is 2.42. The highest BCUT2D eigenvalue weighted by Gasteiger charge is 2.34. The van der Waals surface area contributed by atoms with Crippen LogP contribution in [0.15, 0.2) is 0 Å². The summed E-state index contributed by atoms with van der Waals surface area (Å²) in [5.74, 6) is 2.93. The molecule has 2 fully saturated rings. The van der Waals surface area contributed by atoms with Crippen LogP contribution in [0.3, 0.4) is 0 Å². The highest BCUT2D eigenvalue weighted by Crippen LogP contribution is 2.36. The molecule has 0 radical (unpaired) electrons. The Morgan fingerprint density at radius 1 is 1.08 bits per heavy atom. The zero-order valence-corrected chi connectivity index (χ0v) is 8.34. The van der Waals surface area contributed by atoms with Crippen LogP contribution < -0.4 is 5.32 Å². The standard InChI is InChI=1S/C11H21N/c1-8-3-4-10-9(2)5-6-12-11(10)7-8/h8-12H,3-7H2,1-2H3. The fraction of sp³-hybridized carbons (Fsp3) is 1.00. The van der Waals surface area contributed by atoms with Crippen LogP contribution in [0, 0.1) is 17.8 Å². The van der Waals surface area contributed by atoms with Gasteiger partial charge in [-0.15, -0.1) is 0 Å². The second-order valence-electron chi connectivity index (χ2n) is 4.91. The maximum Gasteiger partial charge on any atom is 0.0100 e. The van der Waals surface area contributed by atoms with Crippen LogP contribution in [0.4, 0.5) is 0 Å². The molecule has 0 spiro atoms. The lowest BCUT2D eigenvalue weighted by molar-refractivity contribution is 0.125. The van der Waals surface area contributed by atoms with Crippen LogP contribution in [0.2, 0.25) is 0 Å². The molecule has 0 bridgehead atoms. The van der Waals surface area contributed by atoms with Gasteiger partial charge in [0.2, 0.25) is 0 Å².